The van der Waals surface area contributed by atoms with E-state index in [4.69, 9.17) is 5.11 Å². The first-order valence-corrected chi connectivity index (χ1v) is 4.13. The van der Waals surface area contributed by atoms with Crippen molar-refractivity contribution in [3.05, 3.63) is 34.4 Å². The Morgan fingerprint density at radius 1 is 1.47 bits per heavy atom. The quantitative estimate of drug-likeness (QED) is 0.724. The number of amides is 1. The summed E-state index contributed by atoms with van der Waals surface area (Å²) in [7, 11) is 0. The molecule has 1 atom stereocenters. The summed E-state index contributed by atoms with van der Waals surface area (Å²) in [6, 6.07) is 1.35. The second-order valence-corrected chi connectivity index (χ2v) is 2.88. The Morgan fingerprint density at radius 3 is 2.60 bits per heavy atom. The van der Waals surface area contributed by atoms with Gasteiger partial charge in [0, 0.05) is 6.07 Å². The van der Waals surface area contributed by atoms with Gasteiger partial charge < -0.3 is 14.8 Å². The van der Waals surface area contributed by atoms with E-state index in [-0.39, 0.29) is 5.56 Å². The van der Waals surface area contributed by atoms with Gasteiger partial charge in [0.25, 0.3) is 5.91 Å². The first-order valence-electron chi connectivity index (χ1n) is 4.13. The molecular weight excluding hydrogens is 202 g/mol. The highest BCUT2D eigenvalue weighted by molar-refractivity contribution is 5.95. The van der Waals surface area contributed by atoms with Crippen LogP contribution in [0.4, 0.5) is 0 Å². The number of rotatable bonds is 3. The molecule has 6 heteroatoms. The number of carboxylic acid groups (broad SMARTS) is 1. The van der Waals surface area contributed by atoms with Crippen LogP contribution in [0, 0.1) is 0 Å². The van der Waals surface area contributed by atoms with Crippen LogP contribution < -0.4 is 10.9 Å². The third kappa shape index (κ3) is 2.94. The fourth-order valence-electron chi connectivity index (χ4n) is 0.829. The molecule has 1 aromatic heterocycles. The fraction of sp³-hybridized carbons (Fsp3) is 0.222. The summed E-state index contributed by atoms with van der Waals surface area (Å²) in [6.07, 6.45) is 0.978. The van der Waals surface area contributed by atoms with Crippen molar-refractivity contribution < 1.29 is 19.1 Å². The van der Waals surface area contributed by atoms with Crippen molar-refractivity contribution in [3.63, 3.8) is 0 Å². The molecule has 1 amide bonds. The average Bonchev–Trinajstić information content (AvgIpc) is 2.18. The maximum Gasteiger partial charge on any atom is 0.335 e. The summed E-state index contributed by atoms with van der Waals surface area (Å²) < 4.78 is 4.46. The fourth-order valence-corrected chi connectivity index (χ4v) is 0.829. The molecule has 0 fully saturated rings. The summed E-state index contributed by atoms with van der Waals surface area (Å²) in [4.78, 5) is 32.3. The molecule has 15 heavy (non-hydrogen) atoms. The van der Waals surface area contributed by atoms with Crippen molar-refractivity contribution in [1.82, 2.24) is 5.32 Å². The first kappa shape index (κ1) is 11.0. The van der Waals surface area contributed by atoms with Crippen LogP contribution >= 0.6 is 0 Å². The summed E-state index contributed by atoms with van der Waals surface area (Å²) in [6.45, 7) is 1.33. The Labute approximate surface area is 84.5 Å². The standard InChI is InChI=1S/C9H9NO5/c1-5(9(13)14)10-8(12)6-2-3-7(11)15-4-6/h2-5H,1H3,(H,10,12)(H,13,14)/t5-/m1/s1. The summed E-state index contributed by atoms with van der Waals surface area (Å²) in [5, 5.41) is 10.7. The molecule has 0 saturated heterocycles. The van der Waals surface area contributed by atoms with Crippen molar-refractivity contribution in [2.75, 3.05) is 0 Å². The van der Waals surface area contributed by atoms with Crippen LogP contribution in [0.3, 0.4) is 0 Å². The minimum atomic E-state index is -1.14. The predicted molar refractivity (Wildman–Crippen MR) is 49.5 cm³/mol. The van der Waals surface area contributed by atoms with E-state index in [9.17, 15) is 14.4 Å². The Morgan fingerprint density at radius 2 is 2.13 bits per heavy atom. The second kappa shape index (κ2) is 4.41. The Hall–Kier alpha value is -2.11. The highest BCUT2D eigenvalue weighted by Crippen LogP contribution is 1.96. The van der Waals surface area contributed by atoms with Gasteiger partial charge in [0.05, 0.1) is 5.56 Å². The van der Waals surface area contributed by atoms with E-state index in [1.807, 2.05) is 0 Å². The number of aliphatic carboxylic acids is 1. The molecular formula is C9H9NO5. The lowest BCUT2D eigenvalue weighted by atomic mass is 10.2. The molecule has 2 N–H and O–H groups in total. The van der Waals surface area contributed by atoms with Crippen LogP contribution in [0.1, 0.15) is 17.3 Å². The Balaban J connectivity index is 2.73. The van der Waals surface area contributed by atoms with Gasteiger partial charge >= 0.3 is 11.6 Å². The van der Waals surface area contributed by atoms with Crippen LogP contribution in [0.25, 0.3) is 0 Å². The van der Waals surface area contributed by atoms with E-state index < -0.39 is 23.5 Å². The number of hydrogen-bond donors (Lipinski definition) is 2. The lowest BCUT2D eigenvalue weighted by Gasteiger charge is -2.07. The summed E-state index contributed by atoms with van der Waals surface area (Å²) in [5.74, 6) is -1.74. The van der Waals surface area contributed by atoms with Crippen LogP contribution in [0.5, 0.6) is 0 Å². The van der Waals surface area contributed by atoms with E-state index in [2.05, 4.69) is 9.73 Å². The molecule has 0 spiro atoms. The van der Waals surface area contributed by atoms with Crippen LogP contribution in [0.15, 0.2) is 27.6 Å². The Kier molecular flexibility index (Phi) is 3.22. The van der Waals surface area contributed by atoms with Gasteiger partial charge in [-0.3, -0.25) is 9.59 Å². The highest BCUT2D eigenvalue weighted by atomic mass is 16.4. The van der Waals surface area contributed by atoms with Crippen molar-refractivity contribution in [1.29, 1.82) is 0 Å². The average molecular weight is 211 g/mol. The van der Waals surface area contributed by atoms with Gasteiger partial charge in [-0.2, -0.15) is 0 Å². The van der Waals surface area contributed by atoms with Crippen molar-refractivity contribution >= 4 is 11.9 Å². The molecule has 0 unspecified atom stereocenters. The molecule has 1 rings (SSSR count). The van der Waals surface area contributed by atoms with Crippen LogP contribution in [0.2, 0.25) is 0 Å². The maximum absolute atomic E-state index is 11.3. The zero-order valence-corrected chi connectivity index (χ0v) is 7.89. The van der Waals surface area contributed by atoms with Gasteiger partial charge in [-0.05, 0) is 13.0 Å². The SMILES string of the molecule is C[C@@H](NC(=O)c1ccc(=O)oc1)C(=O)O. The van der Waals surface area contributed by atoms with E-state index in [1.165, 1.54) is 13.0 Å². The van der Waals surface area contributed by atoms with Gasteiger partial charge in [-0.25, -0.2) is 4.79 Å². The number of nitrogens with one attached hydrogen (secondary N) is 1. The number of carbonyl (C=O) groups excluding carboxylic acids is 1. The monoisotopic (exact) mass is 211 g/mol. The van der Waals surface area contributed by atoms with Gasteiger partial charge in [0.15, 0.2) is 0 Å². The molecule has 0 aliphatic heterocycles. The minimum Gasteiger partial charge on any atom is -0.480 e. The molecule has 0 aromatic carbocycles. The molecule has 0 bridgehead atoms. The van der Waals surface area contributed by atoms with Crippen LogP contribution in [-0.2, 0) is 4.79 Å². The van der Waals surface area contributed by atoms with E-state index in [0.717, 1.165) is 12.3 Å². The first-order chi connectivity index (χ1) is 7.00. The smallest absolute Gasteiger partial charge is 0.335 e. The molecule has 0 saturated carbocycles. The topological polar surface area (TPSA) is 96.6 Å². The van der Waals surface area contributed by atoms with Crippen molar-refractivity contribution in [3.8, 4) is 0 Å². The molecule has 0 radical (unpaired) electrons. The normalized spacial score (nSPS) is 11.8. The van der Waals surface area contributed by atoms with E-state index in [0.29, 0.717) is 0 Å². The third-order valence-corrected chi connectivity index (χ3v) is 1.68. The third-order valence-electron chi connectivity index (χ3n) is 1.68. The minimum absolute atomic E-state index is 0.0997. The number of carboxylic acids is 1. The zero-order chi connectivity index (χ0) is 11.4. The lowest BCUT2D eigenvalue weighted by molar-refractivity contribution is -0.138. The summed E-state index contributed by atoms with van der Waals surface area (Å²) >= 11 is 0. The second-order valence-electron chi connectivity index (χ2n) is 2.88. The van der Waals surface area contributed by atoms with Gasteiger partial charge in [-0.1, -0.05) is 0 Å². The van der Waals surface area contributed by atoms with Crippen LogP contribution in [-0.4, -0.2) is 23.0 Å². The van der Waals surface area contributed by atoms with Gasteiger partial charge in [0.1, 0.15) is 12.3 Å². The maximum atomic E-state index is 11.3. The number of carbonyl (C=O) groups is 2. The molecule has 1 heterocycles. The van der Waals surface area contributed by atoms with E-state index >= 15 is 0 Å². The Bertz CT molecular complexity index is 416. The van der Waals surface area contributed by atoms with Gasteiger partial charge in [-0.15, -0.1) is 0 Å². The number of hydrogen-bond acceptors (Lipinski definition) is 4. The zero-order valence-electron chi connectivity index (χ0n) is 7.89. The predicted octanol–water partition coefficient (Wildman–Crippen LogP) is -0.157. The van der Waals surface area contributed by atoms with Crippen molar-refractivity contribution in [2.24, 2.45) is 0 Å². The van der Waals surface area contributed by atoms with E-state index in [1.54, 1.807) is 0 Å². The molecule has 0 aliphatic carbocycles. The molecule has 80 valence electrons. The largest absolute Gasteiger partial charge is 0.480 e. The lowest BCUT2D eigenvalue weighted by Crippen LogP contribution is -2.38. The molecule has 6 nitrogen and oxygen atoms in total. The van der Waals surface area contributed by atoms with Gasteiger partial charge in [0.2, 0.25) is 0 Å². The highest BCUT2D eigenvalue weighted by Gasteiger charge is 2.15. The summed E-state index contributed by atoms with van der Waals surface area (Å²) in [5.41, 5.74) is -0.472. The molecule has 1 aromatic rings. The van der Waals surface area contributed by atoms with Crippen molar-refractivity contribution in [2.45, 2.75) is 13.0 Å². The molecule has 0 aliphatic rings.